The van der Waals surface area contributed by atoms with Crippen molar-refractivity contribution in [1.82, 2.24) is 0 Å². The van der Waals surface area contributed by atoms with Gasteiger partial charge in [0.05, 0.1) is 6.61 Å². The first-order valence-corrected chi connectivity index (χ1v) is 2.84. The van der Waals surface area contributed by atoms with Gasteiger partial charge < -0.3 is 0 Å². The lowest BCUT2D eigenvalue weighted by Crippen LogP contribution is -2.11. The van der Waals surface area contributed by atoms with Crippen molar-refractivity contribution in [3.8, 4) is 0 Å². The Morgan fingerprint density at radius 1 is 1.50 bits per heavy atom. The lowest BCUT2D eigenvalue weighted by Gasteiger charge is -2.13. The summed E-state index contributed by atoms with van der Waals surface area (Å²) in [6.07, 6.45) is 3.85. The summed E-state index contributed by atoms with van der Waals surface area (Å²) in [5, 5.41) is 10.3. The molecule has 0 aromatic heterocycles. The smallest absolute Gasteiger partial charge is 0.0907 e. The predicted octanol–water partition coefficient (Wildman–Crippen LogP) is 2.02. The molecule has 0 spiro atoms. The van der Waals surface area contributed by atoms with Crippen LogP contribution in [0.2, 0.25) is 0 Å². The summed E-state index contributed by atoms with van der Waals surface area (Å²) in [7, 11) is 0. The summed E-state index contributed by atoms with van der Waals surface area (Å²) in [4.78, 5) is 0. The van der Waals surface area contributed by atoms with Crippen LogP contribution in [0.5, 0.6) is 0 Å². The maximum atomic E-state index is 10.3. The lowest BCUT2D eigenvalue weighted by atomic mass is 9.95. The van der Waals surface area contributed by atoms with Crippen LogP contribution in [0.25, 0.3) is 0 Å². The van der Waals surface area contributed by atoms with Crippen LogP contribution in [-0.4, -0.2) is 6.61 Å². The summed E-state index contributed by atoms with van der Waals surface area (Å²) < 4.78 is 0. The van der Waals surface area contributed by atoms with Gasteiger partial charge in [-0.3, -0.25) is 0 Å². The minimum atomic E-state index is -0.144. The Balaban J connectivity index is 3.71. The minimum Gasteiger partial charge on any atom is -0.236 e. The molecule has 8 heavy (non-hydrogen) atoms. The molecule has 0 unspecified atom stereocenters. The molecule has 0 aliphatic rings. The van der Waals surface area contributed by atoms with Gasteiger partial charge >= 0.3 is 0 Å². The first kappa shape index (κ1) is 7.70. The Morgan fingerprint density at radius 3 is 2.12 bits per heavy atom. The second-order valence-corrected chi connectivity index (χ2v) is 2.63. The molecule has 47 valence electrons. The molecule has 0 heterocycles. The first-order chi connectivity index (χ1) is 3.62. The minimum absolute atomic E-state index is 0.0304. The second-order valence-electron chi connectivity index (χ2n) is 2.63. The van der Waals surface area contributed by atoms with Gasteiger partial charge in [0.15, 0.2) is 0 Å². The Morgan fingerprint density at radius 2 is 2.00 bits per heavy atom. The van der Waals surface area contributed by atoms with E-state index in [1.54, 1.807) is 0 Å². The van der Waals surface area contributed by atoms with Gasteiger partial charge in [-0.1, -0.05) is 26.0 Å². The molecule has 1 heteroatoms. The highest BCUT2D eigenvalue weighted by molar-refractivity contribution is 4.91. The fourth-order valence-electron chi connectivity index (χ4n) is 0.499. The van der Waals surface area contributed by atoms with E-state index in [0.717, 1.165) is 0 Å². The Labute approximate surface area is 51.0 Å². The van der Waals surface area contributed by atoms with Gasteiger partial charge in [-0.25, -0.2) is 5.11 Å². The van der Waals surface area contributed by atoms with Crippen LogP contribution in [0.3, 0.4) is 0 Å². The number of hydrogen-bond donors (Lipinski definition) is 0. The largest absolute Gasteiger partial charge is 0.236 e. The molecule has 1 radical (unpaired) electrons. The van der Waals surface area contributed by atoms with E-state index in [1.165, 1.54) is 0 Å². The summed E-state index contributed by atoms with van der Waals surface area (Å²) in [5.41, 5.74) is -0.144. The average Bonchev–Trinajstić information content (AvgIpc) is 1.67. The predicted molar refractivity (Wildman–Crippen MR) is 34.1 cm³/mol. The van der Waals surface area contributed by atoms with Crippen molar-refractivity contribution in [2.24, 2.45) is 5.41 Å². The zero-order valence-electron chi connectivity index (χ0n) is 5.77. The third kappa shape index (κ3) is 2.80. The summed E-state index contributed by atoms with van der Waals surface area (Å²) >= 11 is 0. The van der Waals surface area contributed by atoms with Gasteiger partial charge in [-0.05, 0) is 6.92 Å². The highest BCUT2D eigenvalue weighted by atomic mass is 16.3. The normalized spacial score (nSPS) is 13.0. The van der Waals surface area contributed by atoms with Gasteiger partial charge in [0.1, 0.15) is 0 Å². The molecule has 0 N–H and O–H groups in total. The summed E-state index contributed by atoms with van der Waals surface area (Å²) in [5.74, 6) is 0. The van der Waals surface area contributed by atoms with Crippen molar-refractivity contribution < 1.29 is 5.11 Å². The number of rotatable bonds is 2. The maximum absolute atomic E-state index is 10.3. The molecular formula is C7H13O. The van der Waals surface area contributed by atoms with Gasteiger partial charge in [0.2, 0.25) is 0 Å². The summed E-state index contributed by atoms with van der Waals surface area (Å²) in [6, 6.07) is 0. The maximum Gasteiger partial charge on any atom is 0.0907 e. The number of hydrogen-bond acceptors (Lipinski definition) is 0. The molecule has 0 aliphatic heterocycles. The quantitative estimate of drug-likeness (QED) is 0.488. The van der Waals surface area contributed by atoms with Crippen LogP contribution in [-0.2, 0) is 5.11 Å². The van der Waals surface area contributed by atoms with E-state index < -0.39 is 0 Å². The molecule has 0 amide bonds. The van der Waals surface area contributed by atoms with Crippen molar-refractivity contribution >= 4 is 0 Å². The van der Waals surface area contributed by atoms with E-state index in [4.69, 9.17) is 0 Å². The molecule has 0 aromatic rings. The Bertz CT molecular complexity index is 82.4. The van der Waals surface area contributed by atoms with Crippen LogP contribution in [0.15, 0.2) is 12.2 Å². The van der Waals surface area contributed by atoms with Gasteiger partial charge in [0, 0.05) is 5.41 Å². The lowest BCUT2D eigenvalue weighted by molar-refractivity contribution is 0.122. The van der Waals surface area contributed by atoms with Crippen LogP contribution in [0.4, 0.5) is 0 Å². The Hall–Kier alpha value is -0.300. The van der Waals surface area contributed by atoms with Crippen molar-refractivity contribution in [2.45, 2.75) is 20.8 Å². The third-order valence-electron chi connectivity index (χ3n) is 0.990. The van der Waals surface area contributed by atoms with E-state index in [0.29, 0.717) is 0 Å². The molecule has 0 bridgehead atoms. The van der Waals surface area contributed by atoms with Crippen LogP contribution < -0.4 is 0 Å². The molecule has 0 saturated heterocycles. The van der Waals surface area contributed by atoms with E-state index in [1.807, 2.05) is 32.9 Å². The number of allylic oxidation sites excluding steroid dienone is 1. The van der Waals surface area contributed by atoms with E-state index in [2.05, 4.69) is 0 Å². The van der Waals surface area contributed by atoms with Crippen molar-refractivity contribution in [2.75, 3.05) is 6.61 Å². The molecular weight excluding hydrogens is 100 g/mol. The summed E-state index contributed by atoms with van der Waals surface area (Å²) in [6.45, 7) is 5.76. The zero-order chi connectivity index (χ0) is 6.62. The fourth-order valence-corrected chi connectivity index (χ4v) is 0.499. The molecule has 0 atom stereocenters. The molecule has 0 aliphatic carbocycles. The molecule has 1 nitrogen and oxygen atoms in total. The monoisotopic (exact) mass is 113 g/mol. The van der Waals surface area contributed by atoms with E-state index in [9.17, 15) is 5.11 Å². The highest BCUT2D eigenvalue weighted by Gasteiger charge is 2.10. The van der Waals surface area contributed by atoms with Crippen LogP contribution >= 0.6 is 0 Å². The molecule has 0 saturated carbocycles. The molecule has 0 fully saturated rings. The van der Waals surface area contributed by atoms with Crippen LogP contribution in [0, 0.1) is 5.41 Å². The van der Waals surface area contributed by atoms with Gasteiger partial charge in [0.25, 0.3) is 0 Å². The molecule has 0 aromatic carbocycles. The van der Waals surface area contributed by atoms with E-state index >= 15 is 0 Å². The van der Waals surface area contributed by atoms with Gasteiger partial charge in [-0.2, -0.15) is 0 Å². The second kappa shape index (κ2) is 2.88. The first-order valence-electron chi connectivity index (χ1n) is 2.84. The van der Waals surface area contributed by atoms with Crippen molar-refractivity contribution in [1.29, 1.82) is 0 Å². The third-order valence-corrected chi connectivity index (χ3v) is 0.990. The van der Waals surface area contributed by atoms with Gasteiger partial charge in [-0.15, -0.1) is 0 Å². The Kier molecular flexibility index (Phi) is 2.77. The fraction of sp³-hybridized carbons (Fsp3) is 0.714. The average molecular weight is 113 g/mol. The molecule has 0 rings (SSSR count). The topological polar surface area (TPSA) is 19.9 Å². The van der Waals surface area contributed by atoms with Crippen LogP contribution in [0.1, 0.15) is 20.8 Å². The van der Waals surface area contributed by atoms with E-state index in [-0.39, 0.29) is 12.0 Å². The van der Waals surface area contributed by atoms with Crippen molar-refractivity contribution in [3.63, 3.8) is 0 Å². The highest BCUT2D eigenvalue weighted by Crippen LogP contribution is 2.14. The SMILES string of the molecule is C/C=C/C(C)(C)C[O]. The zero-order valence-corrected chi connectivity index (χ0v) is 5.77. The standard InChI is InChI=1S/C7H13O/c1-4-5-7(2,3)6-8/h4-5H,6H2,1-3H3/b5-4+. The van der Waals surface area contributed by atoms with Crippen molar-refractivity contribution in [3.05, 3.63) is 12.2 Å².